The van der Waals surface area contributed by atoms with E-state index in [0.29, 0.717) is 35.2 Å². The van der Waals surface area contributed by atoms with E-state index >= 15 is 0 Å². The summed E-state index contributed by atoms with van der Waals surface area (Å²) in [5.74, 6) is 0.451. The zero-order valence-corrected chi connectivity index (χ0v) is 17.1. The molecule has 2 aromatic rings. The van der Waals surface area contributed by atoms with Crippen molar-refractivity contribution in [2.45, 2.75) is 25.3 Å². The van der Waals surface area contributed by atoms with Gasteiger partial charge >= 0.3 is 0 Å². The Labute approximate surface area is 175 Å². The standard InChI is InChI=1S/C22H24ClN3O3/c1-3-21(27)26-12-10-15(11-13-26)16-6-4-5-7-17(16)22(28)24-14-19-18(23)8-9-20(25-19)29-2/h3-9,15H,1,10-14H2,2H3,(H,24,28). The van der Waals surface area contributed by atoms with E-state index in [-0.39, 0.29) is 24.3 Å². The van der Waals surface area contributed by atoms with E-state index in [2.05, 4.69) is 16.9 Å². The molecule has 0 radical (unpaired) electrons. The smallest absolute Gasteiger partial charge is 0.251 e. The Bertz CT molecular complexity index is 908. The molecule has 29 heavy (non-hydrogen) atoms. The summed E-state index contributed by atoms with van der Waals surface area (Å²) in [6.07, 6.45) is 2.97. The molecule has 0 aliphatic carbocycles. The number of methoxy groups -OCH3 is 1. The highest BCUT2D eigenvalue weighted by Gasteiger charge is 2.25. The summed E-state index contributed by atoms with van der Waals surface area (Å²) in [5, 5.41) is 3.37. The molecule has 2 heterocycles. The second-order valence-corrected chi connectivity index (χ2v) is 7.26. The first-order valence-electron chi connectivity index (χ1n) is 9.51. The number of pyridine rings is 1. The van der Waals surface area contributed by atoms with Crippen LogP contribution in [0.2, 0.25) is 5.02 Å². The van der Waals surface area contributed by atoms with Crippen LogP contribution in [0.25, 0.3) is 0 Å². The van der Waals surface area contributed by atoms with Gasteiger partial charge in [-0.3, -0.25) is 9.59 Å². The zero-order valence-electron chi connectivity index (χ0n) is 16.4. The first-order chi connectivity index (χ1) is 14.0. The fourth-order valence-electron chi connectivity index (χ4n) is 3.56. The van der Waals surface area contributed by atoms with Crippen molar-refractivity contribution in [3.63, 3.8) is 0 Å². The first kappa shape index (κ1) is 20.9. The van der Waals surface area contributed by atoms with Crippen LogP contribution in [0.1, 0.15) is 40.4 Å². The summed E-state index contributed by atoms with van der Waals surface area (Å²) < 4.78 is 5.12. The molecule has 0 unspecified atom stereocenters. The third kappa shape index (κ3) is 4.95. The molecular weight excluding hydrogens is 390 g/mol. The predicted octanol–water partition coefficient (Wildman–Crippen LogP) is 3.57. The van der Waals surface area contributed by atoms with E-state index in [1.54, 1.807) is 17.0 Å². The zero-order chi connectivity index (χ0) is 20.8. The van der Waals surface area contributed by atoms with Crippen molar-refractivity contribution in [3.05, 3.63) is 70.9 Å². The Morgan fingerprint density at radius 2 is 2.00 bits per heavy atom. The number of hydrogen-bond donors (Lipinski definition) is 1. The summed E-state index contributed by atoms with van der Waals surface area (Å²) >= 11 is 6.18. The Hall–Kier alpha value is -2.86. The van der Waals surface area contributed by atoms with E-state index < -0.39 is 0 Å². The average molecular weight is 414 g/mol. The van der Waals surface area contributed by atoms with Crippen molar-refractivity contribution in [2.75, 3.05) is 20.2 Å². The lowest BCUT2D eigenvalue weighted by Crippen LogP contribution is -2.37. The van der Waals surface area contributed by atoms with Gasteiger partial charge in [0.1, 0.15) is 0 Å². The molecule has 1 aliphatic heterocycles. The van der Waals surface area contributed by atoms with Crippen molar-refractivity contribution in [1.29, 1.82) is 0 Å². The van der Waals surface area contributed by atoms with Gasteiger partial charge in [-0.2, -0.15) is 0 Å². The lowest BCUT2D eigenvalue weighted by molar-refractivity contribution is -0.127. The molecule has 6 nitrogen and oxygen atoms in total. The molecule has 0 spiro atoms. The molecule has 0 bridgehead atoms. The summed E-state index contributed by atoms with van der Waals surface area (Å²) in [6.45, 7) is 5.07. The Balaban J connectivity index is 1.70. The maximum atomic E-state index is 12.9. The summed E-state index contributed by atoms with van der Waals surface area (Å²) in [5.41, 5.74) is 2.19. The third-order valence-corrected chi connectivity index (χ3v) is 5.49. The number of amides is 2. The Morgan fingerprint density at radius 3 is 2.69 bits per heavy atom. The highest BCUT2D eigenvalue weighted by atomic mass is 35.5. The van der Waals surface area contributed by atoms with Gasteiger partial charge in [0, 0.05) is 24.7 Å². The number of nitrogens with zero attached hydrogens (tertiary/aromatic N) is 2. The molecule has 7 heteroatoms. The molecule has 1 N–H and O–H groups in total. The number of piperidine rings is 1. The highest BCUT2D eigenvalue weighted by Crippen LogP contribution is 2.30. The van der Waals surface area contributed by atoms with Crippen molar-refractivity contribution >= 4 is 23.4 Å². The average Bonchev–Trinajstić information content (AvgIpc) is 2.78. The van der Waals surface area contributed by atoms with Gasteiger partial charge in [-0.25, -0.2) is 4.98 Å². The molecule has 1 aliphatic rings. The SMILES string of the molecule is C=CC(=O)N1CCC(c2ccccc2C(=O)NCc2nc(OC)ccc2Cl)CC1. The van der Waals surface area contributed by atoms with Crippen LogP contribution in [0, 0.1) is 0 Å². The fourth-order valence-corrected chi connectivity index (χ4v) is 3.73. The summed E-state index contributed by atoms with van der Waals surface area (Å²) in [6, 6.07) is 11.0. The van der Waals surface area contributed by atoms with E-state index in [9.17, 15) is 9.59 Å². The van der Waals surface area contributed by atoms with Gasteiger partial charge in [0.05, 0.1) is 24.4 Å². The molecule has 1 aromatic heterocycles. The number of carbonyl (C=O) groups is 2. The van der Waals surface area contributed by atoms with Gasteiger partial charge in [-0.1, -0.05) is 36.4 Å². The van der Waals surface area contributed by atoms with Gasteiger partial charge < -0.3 is 15.0 Å². The highest BCUT2D eigenvalue weighted by molar-refractivity contribution is 6.31. The molecular formula is C22H24ClN3O3. The molecule has 1 saturated heterocycles. The van der Waals surface area contributed by atoms with Crippen LogP contribution < -0.4 is 10.1 Å². The molecule has 3 rings (SSSR count). The number of benzene rings is 1. The van der Waals surface area contributed by atoms with Crippen LogP contribution in [0.5, 0.6) is 5.88 Å². The Morgan fingerprint density at radius 1 is 1.28 bits per heavy atom. The number of carbonyl (C=O) groups excluding carboxylic acids is 2. The number of halogens is 1. The third-order valence-electron chi connectivity index (χ3n) is 5.15. The maximum absolute atomic E-state index is 12.9. The summed E-state index contributed by atoms with van der Waals surface area (Å²) in [4.78, 5) is 30.8. The molecule has 0 saturated carbocycles. The normalized spacial score (nSPS) is 14.3. The fraction of sp³-hybridized carbons (Fsp3) is 0.318. The topological polar surface area (TPSA) is 71.5 Å². The van der Waals surface area contributed by atoms with Gasteiger partial charge in [0.2, 0.25) is 11.8 Å². The van der Waals surface area contributed by atoms with E-state index in [4.69, 9.17) is 16.3 Å². The lowest BCUT2D eigenvalue weighted by atomic mass is 9.86. The Kier molecular flexibility index (Phi) is 6.88. The monoisotopic (exact) mass is 413 g/mol. The van der Waals surface area contributed by atoms with Crippen molar-refractivity contribution < 1.29 is 14.3 Å². The molecule has 1 fully saturated rings. The lowest BCUT2D eigenvalue weighted by Gasteiger charge is -2.32. The maximum Gasteiger partial charge on any atom is 0.251 e. The van der Waals surface area contributed by atoms with Crippen LogP contribution in [0.15, 0.2) is 49.1 Å². The minimum atomic E-state index is -0.175. The number of likely N-dealkylation sites (tertiary alicyclic amines) is 1. The number of nitrogens with one attached hydrogen (secondary N) is 1. The number of rotatable bonds is 6. The quantitative estimate of drug-likeness (QED) is 0.735. The van der Waals surface area contributed by atoms with Crippen LogP contribution in [0.4, 0.5) is 0 Å². The minimum absolute atomic E-state index is 0.0443. The molecule has 152 valence electrons. The van der Waals surface area contributed by atoms with Crippen molar-refractivity contribution in [3.8, 4) is 5.88 Å². The van der Waals surface area contributed by atoms with Crippen LogP contribution >= 0.6 is 11.6 Å². The molecule has 2 amide bonds. The van der Waals surface area contributed by atoms with Gasteiger partial charge in [0.25, 0.3) is 5.91 Å². The van der Waals surface area contributed by atoms with E-state index in [1.807, 2.05) is 24.3 Å². The second kappa shape index (κ2) is 9.56. The first-order valence-corrected chi connectivity index (χ1v) is 9.89. The molecule has 0 atom stereocenters. The predicted molar refractivity (Wildman–Crippen MR) is 112 cm³/mol. The van der Waals surface area contributed by atoms with E-state index in [1.165, 1.54) is 13.2 Å². The van der Waals surface area contributed by atoms with Crippen molar-refractivity contribution in [2.24, 2.45) is 0 Å². The largest absolute Gasteiger partial charge is 0.481 e. The second-order valence-electron chi connectivity index (χ2n) is 6.86. The van der Waals surface area contributed by atoms with Crippen LogP contribution in [-0.4, -0.2) is 41.9 Å². The van der Waals surface area contributed by atoms with Crippen LogP contribution in [-0.2, 0) is 11.3 Å². The molecule has 1 aromatic carbocycles. The van der Waals surface area contributed by atoms with Crippen LogP contribution in [0.3, 0.4) is 0 Å². The van der Waals surface area contributed by atoms with Gasteiger partial charge in [-0.05, 0) is 42.5 Å². The summed E-state index contributed by atoms with van der Waals surface area (Å²) in [7, 11) is 1.53. The van der Waals surface area contributed by atoms with Gasteiger partial charge in [0.15, 0.2) is 0 Å². The number of aromatic nitrogens is 1. The minimum Gasteiger partial charge on any atom is -0.481 e. The van der Waals surface area contributed by atoms with Gasteiger partial charge in [-0.15, -0.1) is 0 Å². The number of hydrogen-bond acceptors (Lipinski definition) is 4. The van der Waals surface area contributed by atoms with Crippen molar-refractivity contribution in [1.82, 2.24) is 15.2 Å². The van der Waals surface area contributed by atoms with E-state index in [0.717, 1.165) is 18.4 Å². The number of ether oxygens (including phenoxy) is 1.